The molecule has 0 amide bonds. The molecule has 2 N–H and O–H groups in total. The molecule has 1 aliphatic heterocycles. The van der Waals surface area contributed by atoms with E-state index in [0.29, 0.717) is 17.9 Å². The van der Waals surface area contributed by atoms with Gasteiger partial charge in [0.05, 0.1) is 18.6 Å². The monoisotopic (exact) mass is 304 g/mol. The quantitative estimate of drug-likeness (QED) is 0.857. The lowest BCUT2D eigenvalue weighted by molar-refractivity contribution is -0.156. The molecule has 1 saturated carbocycles. The summed E-state index contributed by atoms with van der Waals surface area (Å²) in [5.41, 5.74) is 5.87. The van der Waals surface area contributed by atoms with Crippen molar-refractivity contribution in [3.05, 3.63) is 23.8 Å². The van der Waals surface area contributed by atoms with Crippen LogP contribution >= 0.6 is 0 Å². The molecule has 22 heavy (non-hydrogen) atoms. The number of benzene rings is 1. The molecule has 1 aromatic carbocycles. The second kappa shape index (κ2) is 5.85. The second-order valence-electron chi connectivity index (χ2n) is 5.29. The maximum atomic E-state index is 12.1. The van der Waals surface area contributed by atoms with Gasteiger partial charge < -0.3 is 19.9 Å². The maximum Gasteiger partial charge on any atom is 0.326 e. The van der Waals surface area contributed by atoms with Crippen molar-refractivity contribution in [2.45, 2.75) is 32.2 Å². The second-order valence-corrected chi connectivity index (χ2v) is 5.29. The van der Waals surface area contributed by atoms with Crippen molar-refractivity contribution in [2.75, 3.05) is 13.4 Å². The van der Waals surface area contributed by atoms with Crippen molar-refractivity contribution in [2.24, 2.45) is 11.7 Å². The standard InChI is InChI=1S/C15H16N2O4.CH4/c1-2-19-14(18)15(17)6-10(7-16)13(15)9-3-4-11-12(5-9)21-8-20-11;/h3-5,10,13H,2,6,8,17H2,1H3;1H4. The van der Waals surface area contributed by atoms with Crippen LogP contribution in [0.2, 0.25) is 0 Å². The van der Waals surface area contributed by atoms with Crippen molar-refractivity contribution < 1.29 is 19.0 Å². The van der Waals surface area contributed by atoms with Gasteiger partial charge in [-0.3, -0.25) is 4.79 Å². The molecule has 3 unspecified atom stereocenters. The molecule has 1 heterocycles. The number of nitriles is 1. The Morgan fingerprint density at radius 3 is 2.91 bits per heavy atom. The summed E-state index contributed by atoms with van der Waals surface area (Å²) in [6.45, 7) is 2.18. The van der Waals surface area contributed by atoms with E-state index in [2.05, 4.69) is 6.07 Å². The van der Waals surface area contributed by atoms with E-state index in [1.807, 2.05) is 6.07 Å². The zero-order valence-electron chi connectivity index (χ0n) is 11.7. The molecule has 1 aliphatic carbocycles. The van der Waals surface area contributed by atoms with Crippen LogP contribution in [-0.2, 0) is 9.53 Å². The summed E-state index contributed by atoms with van der Waals surface area (Å²) >= 11 is 0. The molecule has 3 atom stereocenters. The molecule has 1 aromatic rings. The number of ether oxygens (including phenoxy) is 3. The Hall–Kier alpha value is -2.26. The van der Waals surface area contributed by atoms with E-state index in [1.165, 1.54) is 0 Å². The number of fused-ring (bicyclic) bond motifs is 1. The molecule has 1 fully saturated rings. The van der Waals surface area contributed by atoms with Crippen LogP contribution in [0.15, 0.2) is 18.2 Å². The molecule has 118 valence electrons. The van der Waals surface area contributed by atoms with E-state index in [-0.39, 0.29) is 26.7 Å². The van der Waals surface area contributed by atoms with E-state index in [4.69, 9.17) is 19.9 Å². The number of hydrogen-bond donors (Lipinski definition) is 1. The van der Waals surface area contributed by atoms with Crippen molar-refractivity contribution in [3.63, 3.8) is 0 Å². The topological polar surface area (TPSA) is 94.6 Å². The first-order valence-electron chi connectivity index (χ1n) is 6.85. The Balaban J connectivity index is 0.00000176. The van der Waals surface area contributed by atoms with Crippen molar-refractivity contribution in [3.8, 4) is 17.6 Å². The summed E-state index contributed by atoms with van der Waals surface area (Å²) in [5, 5.41) is 9.24. The van der Waals surface area contributed by atoms with Crippen molar-refractivity contribution in [1.29, 1.82) is 5.26 Å². The first kappa shape index (κ1) is 16.1. The SMILES string of the molecule is C.CCOC(=O)C1(N)CC(C#N)C1c1ccc2c(c1)OCO2. The van der Waals surface area contributed by atoms with Crippen LogP contribution in [0.3, 0.4) is 0 Å². The Kier molecular flexibility index (Phi) is 4.29. The summed E-state index contributed by atoms with van der Waals surface area (Å²) < 4.78 is 15.7. The number of rotatable bonds is 3. The molecule has 0 radical (unpaired) electrons. The fraction of sp³-hybridized carbons (Fsp3) is 0.500. The minimum atomic E-state index is -1.15. The number of nitrogens with zero attached hydrogens (tertiary/aromatic N) is 1. The van der Waals surface area contributed by atoms with Crippen LogP contribution in [0.4, 0.5) is 0 Å². The van der Waals surface area contributed by atoms with Gasteiger partial charge in [0.15, 0.2) is 11.5 Å². The zero-order chi connectivity index (χ0) is 15.0. The Morgan fingerprint density at radius 2 is 2.23 bits per heavy atom. The predicted octanol–water partition coefficient (Wildman–Crippen LogP) is 1.94. The van der Waals surface area contributed by atoms with E-state index in [0.717, 1.165) is 5.56 Å². The van der Waals surface area contributed by atoms with Gasteiger partial charge in [0.2, 0.25) is 6.79 Å². The van der Waals surface area contributed by atoms with Gasteiger partial charge in [-0.1, -0.05) is 13.5 Å². The summed E-state index contributed by atoms with van der Waals surface area (Å²) in [6.07, 6.45) is 0.307. The van der Waals surface area contributed by atoms with Gasteiger partial charge >= 0.3 is 5.97 Å². The third-order valence-electron chi connectivity index (χ3n) is 4.09. The molecule has 0 bridgehead atoms. The highest BCUT2D eigenvalue weighted by molar-refractivity contribution is 5.84. The van der Waals surface area contributed by atoms with Crippen LogP contribution in [0, 0.1) is 17.2 Å². The average Bonchev–Trinajstić information content (AvgIpc) is 2.92. The maximum absolute atomic E-state index is 12.1. The Morgan fingerprint density at radius 1 is 1.50 bits per heavy atom. The van der Waals surface area contributed by atoms with Crippen molar-refractivity contribution >= 4 is 5.97 Å². The Bertz CT molecular complexity index is 625. The van der Waals surface area contributed by atoms with Gasteiger partial charge in [-0.15, -0.1) is 0 Å². The number of carbonyl (C=O) groups is 1. The van der Waals surface area contributed by atoms with Gasteiger partial charge in [-0.25, -0.2) is 0 Å². The highest BCUT2D eigenvalue weighted by Gasteiger charge is 2.58. The molecule has 0 aromatic heterocycles. The third-order valence-corrected chi connectivity index (χ3v) is 4.09. The van der Waals surface area contributed by atoms with Gasteiger partial charge in [0, 0.05) is 5.92 Å². The fourth-order valence-corrected chi connectivity index (χ4v) is 3.04. The molecule has 6 heteroatoms. The smallest absolute Gasteiger partial charge is 0.326 e. The highest BCUT2D eigenvalue weighted by Crippen LogP contribution is 2.51. The van der Waals surface area contributed by atoms with E-state index >= 15 is 0 Å². The van der Waals surface area contributed by atoms with Gasteiger partial charge in [-0.05, 0) is 31.0 Å². The normalized spacial score (nSPS) is 28.0. The predicted molar refractivity (Wildman–Crippen MR) is 79.3 cm³/mol. The molecular formula is C16H20N2O4. The first-order chi connectivity index (χ1) is 10.1. The van der Waals surface area contributed by atoms with Gasteiger partial charge in [-0.2, -0.15) is 5.26 Å². The largest absolute Gasteiger partial charge is 0.465 e. The fourth-order valence-electron chi connectivity index (χ4n) is 3.04. The number of nitrogens with two attached hydrogens (primary N) is 1. The zero-order valence-corrected chi connectivity index (χ0v) is 11.7. The summed E-state index contributed by atoms with van der Waals surface area (Å²) in [5.74, 6) is 0.114. The minimum Gasteiger partial charge on any atom is -0.465 e. The molecule has 3 rings (SSSR count). The van der Waals surface area contributed by atoms with E-state index < -0.39 is 17.4 Å². The lowest BCUT2D eigenvalue weighted by atomic mass is 9.57. The van der Waals surface area contributed by atoms with Gasteiger partial charge in [0.25, 0.3) is 0 Å². The van der Waals surface area contributed by atoms with E-state index in [9.17, 15) is 10.1 Å². The highest BCUT2D eigenvalue weighted by atomic mass is 16.7. The number of esters is 1. The van der Waals surface area contributed by atoms with Crippen LogP contribution in [0.1, 0.15) is 32.3 Å². The summed E-state index contributed by atoms with van der Waals surface area (Å²) in [7, 11) is 0. The summed E-state index contributed by atoms with van der Waals surface area (Å²) in [6, 6.07) is 7.59. The molecular weight excluding hydrogens is 284 g/mol. The lowest BCUT2D eigenvalue weighted by Gasteiger charge is -2.48. The Labute approximate surface area is 129 Å². The van der Waals surface area contributed by atoms with Crippen LogP contribution in [-0.4, -0.2) is 24.9 Å². The third kappa shape index (κ3) is 2.28. The minimum absolute atomic E-state index is 0. The first-order valence-corrected chi connectivity index (χ1v) is 6.85. The molecule has 6 nitrogen and oxygen atoms in total. The van der Waals surface area contributed by atoms with Gasteiger partial charge in [0.1, 0.15) is 5.54 Å². The number of carbonyl (C=O) groups excluding carboxylic acids is 1. The molecule has 0 spiro atoms. The van der Waals surface area contributed by atoms with E-state index in [1.54, 1.807) is 19.1 Å². The van der Waals surface area contributed by atoms with Crippen LogP contribution < -0.4 is 15.2 Å². The number of hydrogen-bond acceptors (Lipinski definition) is 6. The lowest BCUT2D eigenvalue weighted by Crippen LogP contribution is -2.64. The molecule has 2 aliphatic rings. The van der Waals surface area contributed by atoms with Crippen LogP contribution in [0.25, 0.3) is 0 Å². The summed E-state index contributed by atoms with van der Waals surface area (Å²) in [4.78, 5) is 12.1. The average molecular weight is 304 g/mol. The molecule has 0 saturated heterocycles. The van der Waals surface area contributed by atoms with Crippen molar-refractivity contribution in [1.82, 2.24) is 0 Å². The van der Waals surface area contributed by atoms with Crippen LogP contribution in [0.5, 0.6) is 11.5 Å².